The van der Waals surface area contributed by atoms with Gasteiger partial charge in [-0.3, -0.25) is 9.59 Å². The lowest BCUT2D eigenvalue weighted by atomic mass is 9.73. The fourth-order valence-corrected chi connectivity index (χ4v) is 19.5. The fraction of sp³-hybridized carbons (Fsp3) is 0.455. The normalized spacial score (nSPS) is 20.3. The summed E-state index contributed by atoms with van der Waals surface area (Å²) in [7, 11) is 0. The summed E-state index contributed by atoms with van der Waals surface area (Å²) < 4.78 is 26.5. The van der Waals surface area contributed by atoms with E-state index in [1.54, 1.807) is 0 Å². The van der Waals surface area contributed by atoms with Crippen molar-refractivity contribution in [1.82, 2.24) is 0 Å². The van der Waals surface area contributed by atoms with E-state index in [0.717, 1.165) is 60.8 Å². The molecule has 0 amide bonds. The van der Waals surface area contributed by atoms with Crippen LogP contribution in [0.3, 0.4) is 0 Å². The van der Waals surface area contributed by atoms with Crippen LogP contribution in [0.5, 0.6) is 11.5 Å². The summed E-state index contributed by atoms with van der Waals surface area (Å²) in [5, 5.41) is 31.5. The molecule has 482 valence electrons. The zero-order valence-electron chi connectivity index (χ0n) is 56.3. The Kier molecular flexibility index (Phi) is 16.0. The average molecular weight is 1250 g/mol. The summed E-state index contributed by atoms with van der Waals surface area (Å²) in [6.45, 7) is 9.05. The predicted molar refractivity (Wildman–Crippen MR) is 395 cm³/mol. The van der Waals surface area contributed by atoms with E-state index in [-0.39, 0.29) is 48.8 Å². The highest BCUT2D eigenvalue weighted by Gasteiger charge is 2.43. The molecule has 6 unspecified atom stereocenters. The summed E-state index contributed by atoms with van der Waals surface area (Å²) >= 11 is 0. The highest BCUT2D eigenvalue weighted by molar-refractivity contribution is 6.61. The minimum atomic E-state index is -0.435. The summed E-state index contributed by atoms with van der Waals surface area (Å²) in [5.41, 5.74) is 2.90. The van der Waals surface area contributed by atoms with Crippen molar-refractivity contribution in [2.45, 2.75) is 207 Å². The van der Waals surface area contributed by atoms with Gasteiger partial charge >= 0.3 is 11.9 Å². The number of benzene rings is 13. The number of esters is 2. The van der Waals surface area contributed by atoms with Crippen molar-refractivity contribution in [2.75, 3.05) is 13.2 Å². The molecule has 6 nitrogen and oxygen atoms in total. The number of allylic oxidation sites excluding steroid dienone is 4. The third-order valence-electron chi connectivity index (χ3n) is 23.9. The highest BCUT2D eigenvalue weighted by atomic mass is 16.6. The van der Waals surface area contributed by atoms with E-state index >= 15 is 0 Å². The van der Waals surface area contributed by atoms with Crippen LogP contribution in [-0.4, -0.2) is 37.4 Å². The number of unbranched alkanes of at least 4 members (excludes halogenated alkanes) is 18. The van der Waals surface area contributed by atoms with Gasteiger partial charge in [0.2, 0.25) is 0 Å². The number of rotatable bonds is 32. The van der Waals surface area contributed by atoms with Gasteiger partial charge in [0.15, 0.2) is 0 Å². The number of hydrogen-bond donors (Lipinski definition) is 0. The van der Waals surface area contributed by atoms with Crippen molar-refractivity contribution in [3.8, 4) is 11.5 Å². The van der Waals surface area contributed by atoms with Crippen LogP contribution in [0.1, 0.15) is 193 Å². The molecule has 2 fully saturated rings. The molecule has 0 heterocycles. The topological polar surface area (TPSA) is 71.1 Å². The molecule has 0 aliphatic heterocycles. The molecule has 13 aromatic rings. The number of carbonyl (C=O) groups excluding carboxylic acids is 2. The van der Waals surface area contributed by atoms with Crippen LogP contribution in [-0.2, 0) is 31.9 Å². The second-order valence-electron chi connectivity index (χ2n) is 30.4. The van der Waals surface area contributed by atoms with E-state index in [2.05, 4.69) is 123 Å². The summed E-state index contributed by atoms with van der Waals surface area (Å²) in [6.07, 6.45) is 40.7. The maximum absolute atomic E-state index is 13.8. The Balaban J connectivity index is 0.844. The summed E-state index contributed by atoms with van der Waals surface area (Å²) in [4.78, 5) is 27.5. The molecule has 0 saturated heterocycles. The second-order valence-corrected chi connectivity index (χ2v) is 30.4. The molecular weight excluding hydrogens is 1150 g/mol. The lowest BCUT2D eigenvalue weighted by Crippen LogP contribution is -2.28. The van der Waals surface area contributed by atoms with Gasteiger partial charge in [0.05, 0.1) is 11.8 Å². The van der Waals surface area contributed by atoms with Crippen molar-refractivity contribution < 1.29 is 28.5 Å². The number of aryl methyl sites for hydroxylation is 2. The number of ether oxygens (including phenoxy) is 4. The molecule has 4 bridgehead atoms. The Labute approximate surface area is 554 Å². The van der Waals surface area contributed by atoms with Crippen LogP contribution >= 0.6 is 0 Å². The van der Waals surface area contributed by atoms with E-state index in [0.29, 0.717) is 11.8 Å². The maximum Gasteiger partial charge on any atom is 0.309 e. The Hall–Kier alpha value is -7.44. The first-order chi connectivity index (χ1) is 46.2. The second kappa shape index (κ2) is 25.0. The minimum Gasteiger partial charge on any atom is -0.490 e. The molecular formula is C88H94O6. The molecule has 17 rings (SSSR count). The van der Waals surface area contributed by atoms with Gasteiger partial charge in [-0.05, 0) is 254 Å². The number of hydrogen-bond acceptors (Lipinski definition) is 6. The van der Waals surface area contributed by atoms with E-state index in [1.165, 1.54) is 258 Å². The molecule has 94 heavy (non-hydrogen) atoms. The van der Waals surface area contributed by atoms with Crippen LogP contribution in [0.15, 0.2) is 109 Å². The molecule has 13 aromatic carbocycles. The molecule has 4 aliphatic rings. The third kappa shape index (κ3) is 10.2. The molecule has 0 radical (unpaired) electrons. The third-order valence-corrected chi connectivity index (χ3v) is 23.9. The zero-order valence-corrected chi connectivity index (χ0v) is 56.3. The lowest BCUT2D eigenvalue weighted by molar-refractivity contribution is -0.156. The molecule has 2 saturated carbocycles. The van der Waals surface area contributed by atoms with Crippen LogP contribution in [0, 0.1) is 35.5 Å². The molecule has 0 spiro atoms. The van der Waals surface area contributed by atoms with Crippen LogP contribution < -0.4 is 9.47 Å². The van der Waals surface area contributed by atoms with E-state index in [4.69, 9.17) is 18.9 Å². The Morgan fingerprint density at radius 3 is 0.947 bits per heavy atom. The SMILES string of the molecule is CCCCCCCCCCCCc1cc2c3cccc4c5cc(OC[C@@H](C)OC(=O)C6CC7C=CC6C7)cc6c7cc(OC[C@@H](C)OC(=O)C8CC9C=CC8C9)cc8c9cccc%10c%11cc(CCCCCCCCCCCC)cc%12c(c1)c2c1c(c34)c(c56)c(c87)c(c%109)c1c%11%12. The van der Waals surface area contributed by atoms with E-state index < -0.39 is 12.2 Å². The van der Waals surface area contributed by atoms with E-state index in [9.17, 15) is 9.59 Å². The number of fused-ring (bicyclic) bond motifs is 10. The quantitative estimate of drug-likeness (QED) is 0.0138. The average Bonchev–Trinajstić information content (AvgIpc) is 0.728. The highest BCUT2D eigenvalue weighted by Crippen LogP contribution is 2.61. The van der Waals surface area contributed by atoms with Crippen LogP contribution in [0.25, 0.3) is 129 Å². The van der Waals surface area contributed by atoms with Gasteiger partial charge in [-0.1, -0.05) is 214 Å². The number of carbonyl (C=O) groups is 2. The summed E-state index contributed by atoms with van der Waals surface area (Å²) in [6, 6.07) is 33.9. The minimum absolute atomic E-state index is 0.0781. The Bertz CT molecular complexity index is 4670. The van der Waals surface area contributed by atoms with Crippen molar-refractivity contribution >= 4 is 141 Å². The predicted octanol–water partition coefficient (Wildman–Crippen LogP) is 24.1. The van der Waals surface area contributed by atoms with Gasteiger partial charge in [0, 0.05) is 0 Å². The largest absolute Gasteiger partial charge is 0.490 e. The van der Waals surface area contributed by atoms with Gasteiger partial charge < -0.3 is 18.9 Å². The van der Waals surface area contributed by atoms with Crippen molar-refractivity contribution in [1.29, 1.82) is 0 Å². The van der Waals surface area contributed by atoms with E-state index in [1.807, 2.05) is 13.8 Å². The fourth-order valence-electron chi connectivity index (χ4n) is 19.5. The van der Waals surface area contributed by atoms with Crippen molar-refractivity contribution in [3.63, 3.8) is 0 Å². The standard InChI is InChI=1S/C88H94O6/c1-5-7-9-11-13-15-17-19-21-23-27-53-41-67-61-29-25-31-63-71-45-59(91-49-51(3)93-87(89)65-39-55-33-35-57(65)37-55)47-73-74-48-60(92-50-52(4)94-88(90)66-40-56-34-36-58(66)38-56)46-72-64-32-26-30-62-68-42-54(28-24-22-20-18-16-14-12-10-8-6-2)44-70-69(43-53)77(67)83-81(75(61)63)85(79(71)73)86(80(72)74)82(76(62)64)84(83)78(68)70/h25-26,29-36,41-48,51-52,55-58,65-66H,5-24,27-28,37-40,49-50H2,1-4H3/t51-,52-,55?,56?,57?,58?,65?,66?/m1/s1. The van der Waals surface area contributed by atoms with Gasteiger partial charge in [0.1, 0.15) is 36.9 Å². The summed E-state index contributed by atoms with van der Waals surface area (Å²) in [5.74, 6) is 2.67. The van der Waals surface area contributed by atoms with Gasteiger partial charge in [0.25, 0.3) is 0 Å². The Morgan fingerprint density at radius 2 is 0.638 bits per heavy atom. The van der Waals surface area contributed by atoms with Crippen molar-refractivity contribution in [2.24, 2.45) is 35.5 Å². The molecule has 6 heteroatoms. The monoisotopic (exact) mass is 1250 g/mol. The molecule has 0 N–H and O–H groups in total. The van der Waals surface area contributed by atoms with Gasteiger partial charge in [-0.25, -0.2) is 0 Å². The van der Waals surface area contributed by atoms with Gasteiger partial charge in [-0.15, -0.1) is 0 Å². The first-order valence-corrected chi connectivity index (χ1v) is 37.5. The van der Waals surface area contributed by atoms with Crippen molar-refractivity contribution in [3.05, 3.63) is 120 Å². The van der Waals surface area contributed by atoms with Crippen LogP contribution in [0.4, 0.5) is 0 Å². The molecule has 0 aromatic heterocycles. The zero-order chi connectivity index (χ0) is 63.3. The smallest absolute Gasteiger partial charge is 0.309 e. The molecule has 4 aliphatic carbocycles. The Morgan fingerprint density at radius 1 is 0.351 bits per heavy atom. The lowest BCUT2D eigenvalue weighted by Gasteiger charge is -2.30. The maximum atomic E-state index is 13.8. The molecule has 8 atom stereocenters. The first-order valence-electron chi connectivity index (χ1n) is 37.5. The van der Waals surface area contributed by atoms with Gasteiger partial charge in [-0.2, -0.15) is 0 Å². The van der Waals surface area contributed by atoms with Crippen LogP contribution in [0.2, 0.25) is 0 Å². The first kappa shape index (κ1) is 60.2.